The number of ether oxygens (including phenoxy) is 1. The second kappa shape index (κ2) is 9.23. The lowest BCUT2D eigenvalue weighted by Gasteiger charge is -2.23. The summed E-state index contributed by atoms with van der Waals surface area (Å²) in [5.74, 6) is 0.625. The van der Waals surface area contributed by atoms with Crippen LogP contribution in [-0.2, 0) is 11.2 Å². The molecule has 2 atom stereocenters. The standard InChI is InChI=1S/C25H27NO2/c1-4-20-10-8-9-13-23(20)28-19(3)25(27)26-24(21-11-6-5-7-12-21)22-16-14-18(2)15-17-22/h5-17,19,24H,4H2,1-3H3,(H,26,27)/t19-,24-/m1/s1. The van der Waals surface area contributed by atoms with E-state index < -0.39 is 6.10 Å². The number of nitrogens with one attached hydrogen (secondary N) is 1. The van der Waals surface area contributed by atoms with E-state index >= 15 is 0 Å². The Morgan fingerprint density at radius 3 is 2.18 bits per heavy atom. The second-order valence-corrected chi connectivity index (χ2v) is 6.98. The fraction of sp³-hybridized carbons (Fsp3) is 0.240. The van der Waals surface area contributed by atoms with Crippen molar-refractivity contribution in [2.45, 2.75) is 39.3 Å². The van der Waals surface area contributed by atoms with Gasteiger partial charge in [0, 0.05) is 0 Å². The Bertz CT molecular complexity index is 903. The third kappa shape index (κ3) is 4.80. The van der Waals surface area contributed by atoms with Crippen LogP contribution in [0.1, 0.15) is 42.1 Å². The number of carbonyl (C=O) groups excluding carboxylic acids is 1. The van der Waals surface area contributed by atoms with Gasteiger partial charge in [-0.15, -0.1) is 0 Å². The van der Waals surface area contributed by atoms with Crippen molar-refractivity contribution < 1.29 is 9.53 Å². The fourth-order valence-corrected chi connectivity index (χ4v) is 3.18. The molecular formula is C25H27NO2. The average Bonchev–Trinajstić information content (AvgIpc) is 2.73. The maximum absolute atomic E-state index is 12.9. The Kier molecular flexibility index (Phi) is 6.49. The first-order chi connectivity index (χ1) is 13.6. The molecule has 0 fully saturated rings. The molecule has 1 amide bonds. The van der Waals surface area contributed by atoms with Gasteiger partial charge in [0.1, 0.15) is 5.75 Å². The van der Waals surface area contributed by atoms with Crippen molar-refractivity contribution in [3.05, 3.63) is 101 Å². The summed E-state index contributed by atoms with van der Waals surface area (Å²) in [4.78, 5) is 12.9. The molecule has 0 heterocycles. The number of hydrogen-bond acceptors (Lipinski definition) is 2. The predicted octanol–water partition coefficient (Wildman–Crippen LogP) is 5.23. The van der Waals surface area contributed by atoms with E-state index in [9.17, 15) is 4.79 Å². The molecule has 3 nitrogen and oxygen atoms in total. The lowest BCUT2D eigenvalue weighted by Crippen LogP contribution is -2.39. The molecule has 144 valence electrons. The fourth-order valence-electron chi connectivity index (χ4n) is 3.18. The van der Waals surface area contributed by atoms with Crippen LogP contribution in [-0.4, -0.2) is 12.0 Å². The molecule has 0 aliphatic heterocycles. The number of rotatable bonds is 7. The molecule has 1 N–H and O–H groups in total. The molecule has 3 heteroatoms. The van der Waals surface area contributed by atoms with Crippen molar-refractivity contribution in [3.8, 4) is 5.75 Å². The largest absolute Gasteiger partial charge is 0.481 e. The van der Waals surface area contributed by atoms with E-state index in [1.54, 1.807) is 6.92 Å². The summed E-state index contributed by atoms with van der Waals surface area (Å²) in [5, 5.41) is 3.16. The van der Waals surface area contributed by atoms with Gasteiger partial charge in [0.25, 0.3) is 5.91 Å². The quantitative estimate of drug-likeness (QED) is 0.616. The van der Waals surface area contributed by atoms with Crippen LogP contribution in [0.25, 0.3) is 0 Å². The molecular weight excluding hydrogens is 346 g/mol. The van der Waals surface area contributed by atoms with Gasteiger partial charge in [-0.05, 0) is 43.0 Å². The number of carbonyl (C=O) groups is 1. The monoisotopic (exact) mass is 373 g/mol. The first-order valence-corrected chi connectivity index (χ1v) is 9.75. The molecule has 0 unspecified atom stereocenters. The van der Waals surface area contributed by atoms with Gasteiger partial charge in [-0.3, -0.25) is 4.79 Å². The van der Waals surface area contributed by atoms with Gasteiger partial charge in [0.15, 0.2) is 6.10 Å². The van der Waals surface area contributed by atoms with E-state index in [2.05, 4.69) is 43.4 Å². The summed E-state index contributed by atoms with van der Waals surface area (Å²) in [6.45, 7) is 5.93. The van der Waals surface area contributed by atoms with E-state index in [1.165, 1.54) is 5.56 Å². The summed E-state index contributed by atoms with van der Waals surface area (Å²) in [6.07, 6.45) is 0.268. The minimum absolute atomic E-state index is 0.139. The summed E-state index contributed by atoms with van der Waals surface area (Å²) in [6, 6.07) is 25.9. The Hall–Kier alpha value is -3.07. The molecule has 3 rings (SSSR count). The molecule has 0 saturated heterocycles. The average molecular weight is 373 g/mol. The van der Waals surface area contributed by atoms with Crippen molar-refractivity contribution >= 4 is 5.91 Å². The smallest absolute Gasteiger partial charge is 0.261 e. The van der Waals surface area contributed by atoms with Crippen LogP contribution < -0.4 is 10.1 Å². The van der Waals surface area contributed by atoms with Crippen LogP contribution in [0.3, 0.4) is 0 Å². The van der Waals surface area contributed by atoms with Crippen LogP contribution in [0, 0.1) is 6.92 Å². The van der Waals surface area contributed by atoms with Crippen molar-refractivity contribution in [3.63, 3.8) is 0 Å². The minimum atomic E-state index is -0.593. The molecule has 0 spiro atoms. The normalized spacial score (nSPS) is 12.8. The van der Waals surface area contributed by atoms with E-state index in [4.69, 9.17) is 4.74 Å². The molecule has 0 radical (unpaired) electrons. The third-order valence-corrected chi connectivity index (χ3v) is 4.86. The molecule has 0 bridgehead atoms. The molecule has 0 aromatic heterocycles. The van der Waals surface area contributed by atoms with Gasteiger partial charge >= 0.3 is 0 Å². The van der Waals surface area contributed by atoms with Gasteiger partial charge in [0.05, 0.1) is 6.04 Å². The predicted molar refractivity (Wildman–Crippen MR) is 114 cm³/mol. The number of aryl methyl sites for hydroxylation is 2. The summed E-state index contributed by atoms with van der Waals surface area (Å²) >= 11 is 0. The van der Waals surface area contributed by atoms with Gasteiger partial charge < -0.3 is 10.1 Å². The van der Waals surface area contributed by atoms with Crippen molar-refractivity contribution in [2.75, 3.05) is 0 Å². The minimum Gasteiger partial charge on any atom is -0.481 e. The van der Waals surface area contributed by atoms with E-state index in [0.29, 0.717) is 0 Å². The Morgan fingerprint density at radius 2 is 1.50 bits per heavy atom. The van der Waals surface area contributed by atoms with Crippen LogP contribution in [0.15, 0.2) is 78.9 Å². The van der Waals surface area contributed by atoms with Crippen molar-refractivity contribution in [1.29, 1.82) is 0 Å². The number of amides is 1. The third-order valence-electron chi connectivity index (χ3n) is 4.86. The zero-order valence-electron chi connectivity index (χ0n) is 16.7. The van der Waals surface area contributed by atoms with Gasteiger partial charge in [0.2, 0.25) is 0 Å². The maximum Gasteiger partial charge on any atom is 0.261 e. The highest BCUT2D eigenvalue weighted by Gasteiger charge is 2.22. The molecule has 0 aliphatic rings. The van der Waals surface area contributed by atoms with Gasteiger partial charge in [-0.1, -0.05) is 85.3 Å². The first kappa shape index (κ1) is 19.7. The number of hydrogen-bond donors (Lipinski definition) is 1. The maximum atomic E-state index is 12.9. The van der Waals surface area contributed by atoms with E-state index in [0.717, 1.165) is 28.9 Å². The first-order valence-electron chi connectivity index (χ1n) is 9.75. The molecule has 28 heavy (non-hydrogen) atoms. The van der Waals surface area contributed by atoms with E-state index in [-0.39, 0.29) is 11.9 Å². The molecule has 3 aromatic carbocycles. The second-order valence-electron chi connectivity index (χ2n) is 6.98. The SMILES string of the molecule is CCc1ccccc1O[C@H](C)C(=O)N[C@H](c1ccccc1)c1ccc(C)cc1. The van der Waals surface area contributed by atoms with Crippen LogP contribution in [0.2, 0.25) is 0 Å². The van der Waals surface area contributed by atoms with E-state index in [1.807, 2.05) is 54.6 Å². The summed E-state index contributed by atoms with van der Waals surface area (Å²) in [5.41, 5.74) is 4.38. The Labute approximate surface area is 167 Å². The lowest BCUT2D eigenvalue weighted by molar-refractivity contribution is -0.127. The van der Waals surface area contributed by atoms with Crippen molar-refractivity contribution in [2.24, 2.45) is 0 Å². The highest BCUT2D eigenvalue weighted by Crippen LogP contribution is 2.24. The highest BCUT2D eigenvalue weighted by atomic mass is 16.5. The van der Waals surface area contributed by atoms with Crippen LogP contribution in [0.5, 0.6) is 5.75 Å². The molecule has 3 aromatic rings. The summed E-state index contributed by atoms with van der Waals surface area (Å²) in [7, 11) is 0. The summed E-state index contributed by atoms with van der Waals surface area (Å²) < 4.78 is 5.98. The van der Waals surface area contributed by atoms with Crippen molar-refractivity contribution in [1.82, 2.24) is 5.32 Å². The lowest BCUT2D eigenvalue weighted by atomic mass is 9.97. The van der Waals surface area contributed by atoms with Crippen LogP contribution in [0.4, 0.5) is 0 Å². The number of benzene rings is 3. The highest BCUT2D eigenvalue weighted by molar-refractivity contribution is 5.81. The molecule has 0 aliphatic carbocycles. The Morgan fingerprint density at radius 1 is 0.893 bits per heavy atom. The number of para-hydroxylation sites is 1. The topological polar surface area (TPSA) is 38.3 Å². The molecule has 0 saturated carbocycles. The zero-order valence-corrected chi connectivity index (χ0v) is 16.7. The van der Waals surface area contributed by atoms with Crippen LogP contribution >= 0.6 is 0 Å². The van der Waals surface area contributed by atoms with Gasteiger partial charge in [-0.25, -0.2) is 0 Å². The van der Waals surface area contributed by atoms with Gasteiger partial charge in [-0.2, -0.15) is 0 Å². The zero-order chi connectivity index (χ0) is 19.9. The Balaban J connectivity index is 1.80.